The van der Waals surface area contributed by atoms with E-state index in [1.54, 1.807) is 0 Å². The standard InChI is InChI=1S/C26H27NS/c1-16-10-17(2)25(18(3)11-16)23-14-20-13-22(27-15-24(20)28-23)19-8-7-9-21(12-19)26(4,5)6/h7-15H,1-6H3. The molecular formula is C26H27NS. The summed E-state index contributed by atoms with van der Waals surface area (Å²) in [5, 5.41) is 1.27. The fourth-order valence-corrected chi connectivity index (χ4v) is 5.13. The number of pyridine rings is 1. The van der Waals surface area contributed by atoms with Gasteiger partial charge >= 0.3 is 0 Å². The van der Waals surface area contributed by atoms with Crippen LogP contribution in [0.5, 0.6) is 0 Å². The van der Waals surface area contributed by atoms with E-state index in [1.807, 2.05) is 17.5 Å². The molecule has 4 rings (SSSR count). The van der Waals surface area contributed by atoms with Gasteiger partial charge in [-0.25, -0.2) is 0 Å². The van der Waals surface area contributed by atoms with Gasteiger partial charge < -0.3 is 0 Å². The molecule has 1 nitrogen and oxygen atoms in total. The first-order valence-corrected chi connectivity index (χ1v) is 10.6. The van der Waals surface area contributed by atoms with Crippen molar-refractivity contribution >= 4 is 21.4 Å². The summed E-state index contributed by atoms with van der Waals surface area (Å²) in [7, 11) is 0. The van der Waals surface area contributed by atoms with Crippen molar-refractivity contribution in [1.29, 1.82) is 0 Å². The molecule has 0 aliphatic carbocycles. The zero-order valence-electron chi connectivity index (χ0n) is 17.6. The van der Waals surface area contributed by atoms with E-state index in [2.05, 4.69) is 90.1 Å². The first kappa shape index (κ1) is 18.9. The number of benzene rings is 2. The molecule has 0 unspecified atom stereocenters. The highest BCUT2D eigenvalue weighted by molar-refractivity contribution is 7.22. The molecule has 0 amide bonds. The van der Waals surface area contributed by atoms with Crippen LogP contribution in [0, 0.1) is 20.8 Å². The maximum absolute atomic E-state index is 4.78. The second-order valence-corrected chi connectivity index (χ2v) is 9.91. The molecule has 0 aliphatic rings. The van der Waals surface area contributed by atoms with Crippen LogP contribution in [-0.2, 0) is 5.41 Å². The monoisotopic (exact) mass is 385 g/mol. The number of hydrogen-bond acceptors (Lipinski definition) is 2. The highest BCUT2D eigenvalue weighted by Gasteiger charge is 2.15. The average Bonchev–Trinajstić information content (AvgIpc) is 3.02. The summed E-state index contributed by atoms with van der Waals surface area (Å²) >= 11 is 1.83. The fraction of sp³-hybridized carbons (Fsp3) is 0.269. The second-order valence-electron chi connectivity index (χ2n) is 8.82. The molecule has 0 fully saturated rings. The number of aromatic nitrogens is 1. The molecule has 0 radical (unpaired) electrons. The van der Waals surface area contributed by atoms with E-state index in [-0.39, 0.29) is 5.41 Å². The summed E-state index contributed by atoms with van der Waals surface area (Å²) in [6, 6.07) is 17.9. The molecule has 0 bridgehead atoms. The highest BCUT2D eigenvalue weighted by atomic mass is 32.1. The Labute approximate surface area is 172 Å². The van der Waals surface area contributed by atoms with Crippen LogP contribution in [-0.4, -0.2) is 4.98 Å². The molecule has 2 aromatic carbocycles. The van der Waals surface area contributed by atoms with Crippen molar-refractivity contribution in [2.45, 2.75) is 47.0 Å². The molecule has 0 N–H and O–H groups in total. The Morgan fingerprint density at radius 1 is 0.857 bits per heavy atom. The zero-order chi connectivity index (χ0) is 20.1. The van der Waals surface area contributed by atoms with Gasteiger partial charge in [0.05, 0.1) is 10.4 Å². The molecule has 2 heteroatoms. The largest absolute Gasteiger partial charge is 0.255 e. The van der Waals surface area contributed by atoms with Gasteiger partial charge in [0.2, 0.25) is 0 Å². The topological polar surface area (TPSA) is 12.9 Å². The minimum absolute atomic E-state index is 0.135. The zero-order valence-corrected chi connectivity index (χ0v) is 18.4. The second kappa shape index (κ2) is 6.86. The van der Waals surface area contributed by atoms with Crippen LogP contribution in [0.3, 0.4) is 0 Å². The van der Waals surface area contributed by atoms with Gasteiger partial charge in [-0.2, -0.15) is 0 Å². The molecule has 28 heavy (non-hydrogen) atoms. The van der Waals surface area contributed by atoms with E-state index < -0.39 is 0 Å². The Kier molecular flexibility index (Phi) is 4.63. The fourth-order valence-electron chi connectivity index (χ4n) is 3.94. The molecule has 0 spiro atoms. The Balaban J connectivity index is 1.80. The van der Waals surface area contributed by atoms with Crippen molar-refractivity contribution in [1.82, 2.24) is 4.98 Å². The third-order valence-corrected chi connectivity index (χ3v) is 6.45. The number of thiophene rings is 1. The van der Waals surface area contributed by atoms with Gasteiger partial charge in [0.25, 0.3) is 0 Å². The minimum Gasteiger partial charge on any atom is -0.255 e. The van der Waals surface area contributed by atoms with E-state index in [4.69, 9.17) is 4.98 Å². The average molecular weight is 386 g/mol. The molecule has 2 heterocycles. The highest BCUT2D eigenvalue weighted by Crippen LogP contribution is 2.38. The van der Waals surface area contributed by atoms with Crippen molar-refractivity contribution < 1.29 is 0 Å². The van der Waals surface area contributed by atoms with E-state index in [0.29, 0.717) is 0 Å². The lowest BCUT2D eigenvalue weighted by Gasteiger charge is -2.19. The van der Waals surface area contributed by atoms with Crippen LogP contribution in [0.2, 0.25) is 0 Å². The van der Waals surface area contributed by atoms with E-state index in [1.165, 1.54) is 48.3 Å². The quantitative estimate of drug-likeness (QED) is 0.342. The van der Waals surface area contributed by atoms with Crippen molar-refractivity contribution in [2.24, 2.45) is 0 Å². The summed E-state index contributed by atoms with van der Waals surface area (Å²) < 4.78 is 1.24. The third-order valence-electron chi connectivity index (χ3n) is 5.35. The number of aryl methyl sites for hydroxylation is 3. The van der Waals surface area contributed by atoms with Crippen molar-refractivity contribution in [3.63, 3.8) is 0 Å². The van der Waals surface area contributed by atoms with Gasteiger partial charge in [-0.3, -0.25) is 4.98 Å². The Morgan fingerprint density at radius 3 is 2.25 bits per heavy atom. The lowest BCUT2D eigenvalue weighted by atomic mass is 9.86. The molecule has 0 saturated heterocycles. The van der Waals surface area contributed by atoms with Crippen LogP contribution in [0.15, 0.2) is 54.7 Å². The summed E-state index contributed by atoms with van der Waals surface area (Å²) in [6.45, 7) is 13.3. The van der Waals surface area contributed by atoms with Gasteiger partial charge in [0.15, 0.2) is 0 Å². The van der Waals surface area contributed by atoms with Crippen LogP contribution in [0.25, 0.3) is 31.8 Å². The molecule has 0 atom stereocenters. The van der Waals surface area contributed by atoms with Gasteiger partial charge in [-0.15, -0.1) is 11.3 Å². The summed E-state index contributed by atoms with van der Waals surface area (Å²) in [5.74, 6) is 0. The number of fused-ring (bicyclic) bond motifs is 1. The van der Waals surface area contributed by atoms with Crippen LogP contribution in [0.1, 0.15) is 43.0 Å². The molecule has 2 aromatic heterocycles. The Bertz CT molecular complexity index is 1150. The Morgan fingerprint density at radius 2 is 1.57 bits per heavy atom. The Hall–Kier alpha value is -2.45. The molecule has 4 aromatic rings. The molecule has 0 aliphatic heterocycles. The van der Waals surface area contributed by atoms with Gasteiger partial charge in [0, 0.05) is 16.6 Å². The van der Waals surface area contributed by atoms with Crippen molar-refractivity contribution in [3.05, 3.63) is 77.0 Å². The van der Waals surface area contributed by atoms with Gasteiger partial charge in [0.1, 0.15) is 0 Å². The van der Waals surface area contributed by atoms with E-state index >= 15 is 0 Å². The van der Waals surface area contributed by atoms with Gasteiger partial charge in [-0.05, 0) is 72.0 Å². The lowest BCUT2D eigenvalue weighted by molar-refractivity contribution is 0.590. The third kappa shape index (κ3) is 3.49. The number of rotatable bonds is 2. The molecular weight excluding hydrogens is 358 g/mol. The van der Waals surface area contributed by atoms with Crippen molar-refractivity contribution in [3.8, 4) is 21.7 Å². The van der Waals surface area contributed by atoms with Crippen LogP contribution < -0.4 is 0 Å². The maximum Gasteiger partial charge on any atom is 0.0709 e. The smallest absolute Gasteiger partial charge is 0.0709 e. The molecule has 0 saturated carbocycles. The predicted molar refractivity (Wildman–Crippen MR) is 123 cm³/mol. The summed E-state index contributed by atoms with van der Waals surface area (Å²) in [5.41, 5.74) is 9.07. The maximum atomic E-state index is 4.78. The van der Waals surface area contributed by atoms with E-state index in [0.717, 1.165) is 5.69 Å². The normalized spacial score (nSPS) is 11.9. The SMILES string of the molecule is Cc1cc(C)c(-c2cc3cc(-c4cccc(C(C)(C)C)c4)ncc3s2)c(C)c1. The van der Waals surface area contributed by atoms with Crippen LogP contribution in [0.4, 0.5) is 0 Å². The van der Waals surface area contributed by atoms with Crippen molar-refractivity contribution in [2.75, 3.05) is 0 Å². The summed E-state index contributed by atoms with van der Waals surface area (Å²) in [6.07, 6.45) is 2.03. The number of nitrogens with zero attached hydrogens (tertiary/aromatic N) is 1. The van der Waals surface area contributed by atoms with Gasteiger partial charge in [-0.1, -0.05) is 56.7 Å². The molecule has 142 valence electrons. The predicted octanol–water partition coefficient (Wildman–Crippen LogP) is 7.85. The first-order valence-electron chi connectivity index (χ1n) is 9.81. The summed E-state index contributed by atoms with van der Waals surface area (Å²) in [4.78, 5) is 6.10. The van der Waals surface area contributed by atoms with Crippen LogP contribution >= 0.6 is 11.3 Å². The minimum atomic E-state index is 0.135. The van der Waals surface area contributed by atoms with E-state index in [9.17, 15) is 0 Å². The number of hydrogen-bond donors (Lipinski definition) is 0. The first-order chi connectivity index (χ1) is 13.2. The lowest BCUT2D eigenvalue weighted by Crippen LogP contribution is -2.10.